The van der Waals surface area contributed by atoms with E-state index in [0.29, 0.717) is 0 Å². The number of primary amides is 1. The summed E-state index contributed by atoms with van der Waals surface area (Å²) in [6.07, 6.45) is 3.11. The third kappa shape index (κ3) is 7.74. The van der Waals surface area contributed by atoms with E-state index in [0.717, 1.165) is 11.1 Å². The van der Waals surface area contributed by atoms with E-state index in [1.807, 2.05) is 66.7 Å². The Kier molecular flexibility index (Phi) is 8.26. The topological polar surface area (TPSA) is 111 Å². The van der Waals surface area contributed by atoms with Crippen molar-refractivity contribution in [2.24, 2.45) is 5.73 Å². The lowest BCUT2D eigenvalue weighted by molar-refractivity contribution is -0.126. The molecule has 1 atom stereocenters. The fourth-order valence-corrected chi connectivity index (χ4v) is 2.32. The molecule has 2 rings (SSSR count). The first-order valence-corrected chi connectivity index (χ1v) is 8.79. The summed E-state index contributed by atoms with van der Waals surface area (Å²) < 4.78 is 5.01. The molecule has 0 saturated heterocycles. The number of benzene rings is 2. The fourth-order valence-electron chi connectivity index (χ4n) is 2.32. The van der Waals surface area contributed by atoms with Gasteiger partial charge in [0.1, 0.15) is 19.2 Å². The van der Waals surface area contributed by atoms with Gasteiger partial charge in [0.25, 0.3) is 0 Å². The molecule has 0 aliphatic carbocycles. The molecule has 28 heavy (non-hydrogen) atoms. The van der Waals surface area contributed by atoms with Crippen molar-refractivity contribution < 1.29 is 19.1 Å². The molecule has 0 bridgehead atoms. The predicted octanol–water partition coefficient (Wildman–Crippen LogP) is 1.99. The van der Waals surface area contributed by atoms with Crippen molar-refractivity contribution in [1.82, 2.24) is 10.6 Å². The van der Waals surface area contributed by atoms with Crippen molar-refractivity contribution in [3.05, 3.63) is 77.9 Å². The van der Waals surface area contributed by atoms with Gasteiger partial charge in [-0.2, -0.15) is 0 Å². The number of hydrogen-bond acceptors (Lipinski definition) is 4. The number of nitrogens with one attached hydrogen (secondary N) is 2. The number of alkyl carbamates (subject to hydrolysis) is 1. The van der Waals surface area contributed by atoms with Crippen molar-refractivity contribution in [2.45, 2.75) is 19.1 Å². The van der Waals surface area contributed by atoms with E-state index in [1.165, 1.54) is 0 Å². The molecule has 146 valence electrons. The molecule has 0 fully saturated rings. The average molecular weight is 381 g/mol. The van der Waals surface area contributed by atoms with Crippen LogP contribution in [0.4, 0.5) is 4.79 Å². The maximum Gasteiger partial charge on any atom is 0.407 e. The molecule has 0 radical (unpaired) electrons. The van der Waals surface area contributed by atoms with Gasteiger partial charge < -0.3 is 21.1 Å². The molecule has 0 aromatic heterocycles. The van der Waals surface area contributed by atoms with Crippen LogP contribution in [0.15, 0.2) is 66.7 Å². The zero-order valence-corrected chi connectivity index (χ0v) is 15.3. The molecule has 0 saturated carbocycles. The fraction of sp³-hybridized carbons (Fsp3) is 0.190. The molecule has 2 aromatic carbocycles. The largest absolute Gasteiger partial charge is 0.445 e. The summed E-state index contributed by atoms with van der Waals surface area (Å²) in [5.74, 6) is -1.19. The highest BCUT2D eigenvalue weighted by molar-refractivity contribution is 5.88. The minimum absolute atomic E-state index is 0.0997. The lowest BCUT2D eigenvalue weighted by Crippen LogP contribution is -2.47. The van der Waals surface area contributed by atoms with Gasteiger partial charge in [0.15, 0.2) is 0 Å². The smallest absolute Gasteiger partial charge is 0.407 e. The van der Waals surface area contributed by atoms with E-state index in [2.05, 4.69) is 10.6 Å². The van der Waals surface area contributed by atoms with Crippen LogP contribution in [0.3, 0.4) is 0 Å². The summed E-state index contributed by atoms with van der Waals surface area (Å²) in [6, 6.07) is 17.8. The van der Waals surface area contributed by atoms with Crippen molar-refractivity contribution in [1.29, 1.82) is 0 Å². The number of rotatable bonds is 9. The molecule has 4 N–H and O–H groups in total. The first-order chi connectivity index (χ1) is 13.5. The zero-order valence-electron chi connectivity index (χ0n) is 15.3. The van der Waals surface area contributed by atoms with E-state index < -0.39 is 23.9 Å². The van der Waals surface area contributed by atoms with Gasteiger partial charge in [-0.05, 0) is 17.5 Å². The van der Waals surface area contributed by atoms with Crippen molar-refractivity contribution in [3.63, 3.8) is 0 Å². The maximum absolute atomic E-state index is 12.0. The minimum Gasteiger partial charge on any atom is -0.445 e. The van der Waals surface area contributed by atoms with Crippen LogP contribution in [0, 0.1) is 0 Å². The van der Waals surface area contributed by atoms with Gasteiger partial charge >= 0.3 is 6.09 Å². The highest BCUT2D eigenvalue weighted by Crippen LogP contribution is 2.03. The Hall–Kier alpha value is -3.61. The molecular weight excluding hydrogens is 358 g/mol. The van der Waals surface area contributed by atoms with Gasteiger partial charge in [-0.15, -0.1) is 0 Å². The molecule has 0 aliphatic rings. The van der Waals surface area contributed by atoms with E-state index in [4.69, 9.17) is 10.5 Å². The number of ether oxygens (including phenoxy) is 1. The lowest BCUT2D eigenvalue weighted by atomic mass is 10.1. The van der Waals surface area contributed by atoms with Gasteiger partial charge in [0, 0.05) is 0 Å². The molecule has 2 aromatic rings. The van der Waals surface area contributed by atoms with Crippen molar-refractivity contribution >= 4 is 24.0 Å². The molecule has 7 nitrogen and oxygen atoms in total. The molecular formula is C21H23N3O4. The Morgan fingerprint density at radius 1 is 1.00 bits per heavy atom. The molecule has 0 unspecified atom stereocenters. The number of carbonyl (C=O) groups excluding carboxylic acids is 3. The standard InChI is InChI=1S/C21H23N3O4/c22-20(26)18(13-7-12-16-8-3-1-4-9-16)24-19(25)14-23-21(27)28-15-17-10-5-2-6-11-17/h1-12,18H,13-15H2,(H2,22,26)(H,23,27)(H,24,25)/b12-7+/t18-/m1/s1. The maximum atomic E-state index is 12.0. The van der Waals surface area contributed by atoms with E-state index >= 15 is 0 Å². The predicted molar refractivity (Wildman–Crippen MR) is 106 cm³/mol. The molecule has 7 heteroatoms. The van der Waals surface area contributed by atoms with Crippen LogP contribution >= 0.6 is 0 Å². The van der Waals surface area contributed by atoms with Crippen molar-refractivity contribution in [3.8, 4) is 0 Å². The molecule has 3 amide bonds. The molecule has 0 heterocycles. The number of carbonyl (C=O) groups is 3. The van der Waals surface area contributed by atoms with Crippen LogP contribution in [-0.2, 0) is 20.9 Å². The van der Waals surface area contributed by atoms with Gasteiger partial charge in [-0.3, -0.25) is 9.59 Å². The van der Waals surface area contributed by atoms with Crippen LogP contribution in [0.2, 0.25) is 0 Å². The van der Waals surface area contributed by atoms with E-state index in [-0.39, 0.29) is 19.6 Å². The summed E-state index contributed by atoms with van der Waals surface area (Å²) in [6.45, 7) is -0.220. The highest BCUT2D eigenvalue weighted by atomic mass is 16.5. The number of hydrogen-bond donors (Lipinski definition) is 3. The van der Waals surface area contributed by atoms with Gasteiger partial charge in [-0.25, -0.2) is 4.79 Å². The lowest BCUT2D eigenvalue weighted by Gasteiger charge is -2.14. The quantitative estimate of drug-likeness (QED) is 0.617. The highest BCUT2D eigenvalue weighted by Gasteiger charge is 2.17. The Balaban J connectivity index is 1.73. The zero-order chi connectivity index (χ0) is 20.2. The summed E-state index contributed by atoms with van der Waals surface area (Å²) >= 11 is 0. The third-order valence-electron chi connectivity index (χ3n) is 3.77. The second-order valence-electron chi connectivity index (χ2n) is 5.99. The second-order valence-corrected chi connectivity index (χ2v) is 5.99. The normalized spacial score (nSPS) is 11.6. The van der Waals surface area contributed by atoms with E-state index in [1.54, 1.807) is 6.08 Å². The van der Waals surface area contributed by atoms with Gasteiger partial charge in [0.05, 0.1) is 0 Å². The Bertz CT molecular complexity index is 807. The summed E-state index contributed by atoms with van der Waals surface area (Å²) in [4.78, 5) is 35.1. The van der Waals surface area contributed by atoms with Crippen LogP contribution in [0.25, 0.3) is 6.08 Å². The van der Waals surface area contributed by atoms with Crippen LogP contribution in [0.5, 0.6) is 0 Å². The number of amides is 3. The van der Waals surface area contributed by atoms with Crippen LogP contribution in [0.1, 0.15) is 17.5 Å². The van der Waals surface area contributed by atoms with E-state index in [9.17, 15) is 14.4 Å². The minimum atomic E-state index is -0.866. The van der Waals surface area contributed by atoms with Crippen molar-refractivity contribution in [2.75, 3.05) is 6.54 Å². The summed E-state index contributed by atoms with van der Waals surface area (Å²) in [5, 5.41) is 4.83. The molecule has 0 spiro atoms. The van der Waals surface area contributed by atoms with Gasteiger partial charge in [0.2, 0.25) is 11.8 Å². The summed E-state index contributed by atoms with van der Waals surface area (Å²) in [7, 11) is 0. The SMILES string of the molecule is NC(=O)[C@@H](C/C=C/c1ccccc1)NC(=O)CNC(=O)OCc1ccccc1. The first-order valence-electron chi connectivity index (χ1n) is 8.79. The van der Waals surface area contributed by atoms with Gasteiger partial charge in [-0.1, -0.05) is 72.8 Å². The number of nitrogens with two attached hydrogens (primary N) is 1. The van der Waals surface area contributed by atoms with Crippen LogP contribution < -0.4 is 16.4 Å². The Labute approximate surface area is 163 Å². The third-order valence-corrected chi connectivity index (χ3v) is 3.77. The van der Waals surface area contributed by atoms with Crippen LogP contribution in [-0.4, -0.2) is 30.5 Å². The second kappa shape index (κ2) is 11.2. The first kappa shape index (κ1) is 20.7. The Morgan fingerprint density at radius 2 is 1.64 bits per heavy atom. The monoisotopic (exact) mass is 381 g/mol. The Morgan fingerprint density at radius 3 is 2.29 bits per heavy atom. The summed E-state index contributed by atoms with van der Waals surface area (Å²) in [5.41, 5.74) is 7.14. The molecule has 0 aliphatic heterocycles. The average Bonchev–Trinajstić information content (AvgIpc) is 2.71.